The maximum atomic E-state index is 5.21. The Morgan fingerprint density at radius 3 is 1.52 bits per heavy atom. The van der Waals surface area contributed by atoms with E-state index in [4.69, 9.17) is 9.97 Å². The zero-order valence-electron chi connectivity index (χ0n) is 34.3. The second-order valence-corrected chi connectivity index (χ2v) is 16.3. The highest BCUT2D eigenvalue weighted by molar-refractivity contribution is 6.11. The summed E-state index contributed by atoms with van der Waals surface area (Å²) < 4.78 is 7.02. The first-order chi connectivity index (χ1) is 30.6. The van der Waals surface area contributed by atoms with Gasteiger partial charge in [-0.25, -0.2) is 9.97 Å². The summed E-state index contributed by atoms with van der Waals surface area (Å²) in [5.74, 6) is 1.89. The Labute approximate surface area is 359 Å². The van der Waals surface area contributed by atoms with Crippen LogP contribution < -0.4 is 0 Å². The van der Waals surface area contributed by atoms with Crippen molar-refractivity contribution in [3.05, 3.63) is 212 Å². The largest absolute Gasteiger partial charge is 0.309 e. The highest BCUT2D eigenvalue weighted by atomic mass is 15.1. The van der Waals surface area contributed by atoms with Gasteiger partial charge in [-0.2, -0.15) is 0 Å². The van der Waals surface area contributed by atoms with Crippen molar-refractivity contribution < 1.29 is 0 Å². The number of allylic oxidation sites excluding steroid dienone is 4. The molecule has 0 atom stereocenters. The van der Waals surface area contributed by atoms with Gasteiger partial charge in [0.25, 0.3) is 0 Å². The molecule has 12 rings (SSSR count). The average molecular weight is 796 g/mol. The minimum Gasteiger partial charge on any atom is -0.309 e. The zero-order chi connectivity index (χ0) is 41.1. The molecule has 0 radical (unpaired) electrons. The Morgan fingerprint density at radius 1 is 0.403 bits per heavy atom. The maximum Gasteiger partial charge on any atom is 0.145 e. The number of para-hydroxylation sites is 5. The van der Waals surface area contributed by atoms with E-state index in [1.807, 2.05) is 0 Å². The molecule has 1 aliphatic carbocycles. The number of hydrogen-bond donors (Lipinski definition) is 0. The van der Waals surface area contributed by atoms with Gasteiger partial charge >= 0.3 is 0 Å². The lowest BCUT2D eigenvalue weighted by Gasteiger charge is -2.15. The Balaban J connectivity index is 1.01. The molecule has 0 amide bonds. The Hall–Kier alpha value is -8.02. The smallest absolute Gasteiger partial charge is 0.145 e. The number of benzene rings is 8. The van der Waals surface area contributed by atoms with Crippen LogP contribution in [0.3, 0.4) is 0 Å². The minimum absolute atomic E-state index is 0.922. The Morgan fingerprint density at radius 2 is 0.919 bits per heavy atom. The second-order valence-electron chi connectivity index (χ2n) is 16.3. The standard InChI is InChI=1S/C57H41N5/c1-38-26-30-47(31-27-38)60-52-32-28-41(39-14-12-16-43(34-39)56-58-50-22-8-10-24-54(50)61(56)45-18-4-2-5-19-45)36-48(52)49-37-42(29-33-53(49)60)40-15-13-17-44(35-40)57-59-51-23-9-11-25-55(51)62(57)46-20-6-3-7-21-46/h2-6,8-20,22-37H,7,21H2,1H3. The fourth-order valence-corrected chi connectivity index (χ4v) is 9.37. The van der Waals surface area contributed by atoms with Gasteiger partial charge in [-0.05, 0) is 133 Å². The third kappa shape index (κ3) is 6.01. The molecule has 294 valence electrons. The van der Waals surface area contributed by atoms with Gasteiger partial charge in [0.1, 0.15) is 11.6 Å². The monoisotopic (exact) mass is 795 g/mol. The van der Waals surface area contributed by atoms with E-state index in [0.717, 1.165) is 91.3 Å². The fraction of sp³-hybridized carbons (Fsp3) is 0.0526. The van der Waals surface area contributed by atoms with Crippen molar-refractivity contribution in [1.29, 1.82) is 0 Å². The SMILES string of the molecule is Cc1ccc(-n2c3ccc(-c4cccc(-c5nc6ccccc6n5C5=CC=CCC5)c4)cc3c3cc(-c4cccc(-c5nc6ccccc6n5-c5ccccc5)c4)ccc32)cc1. The van der Waals surface area contributed by atoms with E-state index in [1.54, 1.807) is 0 Å². The third-order valence-electron chi connectivity index (χ3n) is 12.4. The van der Waals surface area contributed by atoms with Crippen LogP contribution in [-0.4, -0.2) is 23.7 Å². The summed E-state index contributed by atoms with van der Waals surface area (Å²) in [6.45, 7) is 2.14. The first-order valence-corrected chi connectivity index (χ1v) is 21.4. The van der Waals surface area contributed by atoms with Crippen molar-refractivity contribution in [1.82, 2.24) is 23.7 Å². The molecule has 5 heteroatoms. The maximum absolute atomic E-state index is 5.21. The quantitative estimate of drug-likeness (QED) is 0.161. The third-order valence-corrected chi connectivity index (χ3v) is 12.4. The van der Waals surface area contributed by atoms with E-state index in [9.17, 15) is 0 Å². The molecule has 0 fully saturated rings. The van der Waals surface area contributed by atoms with Crippen LogP contribution in [0.2, 0.25) is 0 Å². The van der Waals surface area contributed by atoms with Crippen LogP contribution in [0.15, 0.2) is 206 Å². The van der Waals surface area contributed by atoms with Crippen LogP contribution in [-0.2, 0) is 0 Å². The predicted octanol–water partition coefficient (Wildman–Crippen LogP) is 14.6. The molecule has 8 aromatic carbocycles. The minimum atomic E-state index is 0.922. The molecule has 0 unspecified atom stereocenters. The number of aryl methyl sites for hydroxylation is 1. The van der Waals surface area contributed by atoms with Crippen molar-refractivity contribution in [3.63, 3.8) is 0 Å². The molecular formula is C57H41N5. The molecule has 0 N–H and O–H groups in total. The lowest BCUT2D eigenvalue weighted by Crippen LogP contribution is -2.01. The second kappa shape index (κ2) is 14.6. The van der Waals surface area contributed by atoms with Crippen molar-refractivity contribution >= 4 is 49.6 Å². The molecule has 3 aromatic heterocycles. The molecule has 5 nitrogen and oxygen atoms in total. The molecule has 1 aliphatic rings. The first-order valence-electron chi connectivity index (χ1n) is 21.4. The van der Waals surface area contributed by atoms with E-state index in [1.165, 1.54) is 33.1 Å². The first kappa shape index (κ1) is 35.9. The van der Waals surface area contributed by atoms with Crippen molar-refractivity contribution in [2.24, 2.45) is 0 Å². The number of imidazole rings is 2. The number of nitrogens with zero attached hydrogens (tertiary/aromatic N) is 5. The van der Waals surface area contributed by atoms with Crippen LogP contribution in [0.25, 0.3) is 106 Å². The van der Waals surface area contributed by atoms with Gasteiger partial charge < -0.3 is 4.57 Å². The molecule has 62 heavy (non-hydrogen) atoms. The highest BCUT2D eigenvalue weighted by Crippen LogP contribution is 2.40. The van der Waals surface area contributed by atoms with Crippen LogP contribution in [0.1, 0.15) is 18.4 Å². The van der Waals surface area contributed by atoms with Crippen molar-refractivity contribution in [3.8, 4) is 56.4 Å². The summed E-state index contributed by atoms with van der Waals surface area (Å²) in [5.41, 5.74) is 18.1. The van der Waals surface area contributed by atoms with Crippen LogP contribution in [0.5, 0.6) is 0 Å². The van der Waals surface area contributed by atoms with Gasteiger partial charge in [-0.1, -0.05) is 121 Å². The Bertz CT molecular complexity index is 3580. The number of aromatic nitrogens is 5. The Kier molecular flexibility index (Phi) is 8.46. The zero-order valence-corrected chi connectivity index (χ0v) is 34.3. The average Bonchev–Trinajstić information content (AvgIpc) is 4.02. The molecule has 3 heterocycles. The summed E-state index contributed by atoms with van der Waals surface area (Å²) in [5, 5.41) is 2.41. The van der Waals surface area contributed by atoms with Crippen molar-refractivity contribution in [2.45, 2.75) is 19.8 Å². The normalized spacial score (nSPS) is 12.8. The van der Waals surface area contributed by atoms with Crippen LogP contribution >= 0.6 is 0 Å². The lowest BCUT2D eigenvalue weighted by atomic mass is 9.98. The summed E-state index contributed by atoms with van der Waals surface area (Å²) in [6.07, 6.45) is 8.64. The fourth-order valence-electron chi connectivity index (χ4n) is 9.37. The molecule has 0 saturated carbocycles. The number of rotatable bonds is 7. The molecule has 0 spiro atoms. The van der Waals surface area contributed by atoms with E-state index in [2.05, 4.69) is 227 Å². The number of fused-ring (bicyclic) bond motifs is 5. The van der Waals surface area contributed by atoms with Gasteiger partial charge in [0.05, 0.1) is 33.1 Å². The lowest BCUT2D eigenvalue weighted by molar-refractivity contribution is 0.960. The molecule has 0 bridgehead atoms. The van der Waals surface area contributed by atoms with Gasteiger partial charge in [0.2, 0.25) is 0 Å². The summed E-state index contributed by atoms with van der Waals surface area (Å²) in [7, 11) is 0. The summed E-state index contributed by atoms with van der Waals surface area (Å²) >= 11 is 0. The number of hydrogen-bond acceptors (Lipinski definition) is 2. The molecule has 0 aliphatic heterocycles. The van der Waals surface area contributed by atoms with E-state index in [-0.39, 0.29) is 0 Å². The molecular weight excluding hydrogens is 755 g/mol. The van der Waals surface area contributed by atoms with E-state index in [0.29, 0.717) is 0 Å². The highest BCUT2D eigenvalue weighted by Gasteiger charge is 2.20. The van der Waals surface area contributed by atoms with E-state index < -0.39 is 0 Å². The molecule has 0 saturated heterocycles. The van der Waals surface area contributed by atoms with Crippen molar-refractivity contribution in [2.75, 3.05) is 0 Å². The van der Waals surface area contributed by atoms with Gasteiger partial charge in [-0.3, -0.25) is 9.13 Å². The van der Waals surface area contributed by atoms with Crippen LogP contribution in [0, 0.1) is 6.92 Å². The predicted molar refractivity (Wildman–Crippen MR) is 258 cm³/mol. The van der Waals surface area contributed by atoms with Crippen LogP contribution in [0.4, 0.5) is 0 Å². The summed E-state index contributed by atoms with van der Waals surface area (Å²) in [4.78, 5) is 10.4. The van der Waals surface area contributed by atoms with Gasteiger partial charge in [-0.15, -0.1) is 0 Å². The van der Waals surface area contributed by atoms with E-state index >= 15 is 0 Å². The van der Waals surface area contributed by atoms with Gasteiger partial charge in [0, 0.05) is 39.0 Å². The molecule has 11 aromatic rings. The summed E-state index contributed by atoms with van der Waals surface area (Å²) in [6, 6.07) is 67.8. The van der Waals surface area contributed by atoms with Gasteiger partial charge in [0.15, 0.2) is 0 Å². The topological polar surface area (TPSA) is 40.6 Å².